The summed E-state index contributed by atoms with van der Waals surface area (Å²) in [4.78, 5) is 11.5. The highest BCUT2D eigenvalue weighted by atomic mass is 19.3. The molecule has 1 aromatic carbocycles. The normalized spacial score (nSPS) is 10.7. The molecule has 0 fully saturated rings. The van der Waals surface area contributed by atoms with Gasteiger partial charge in [0.1, 0.15) is 6.61 Å². The second kappa shape index (κ2) is 6.90. The molecular formula is C12H16F2N2O2. The van der Waals surface area contributed by atoms with Gasteiger partial charge in [-0.1, -0.05) is 6.07 Å². The molecule has 3 N–H and O–H groups in total. The largest absolute Gasteiger partial charge is 0.399 e. The lowest BCUT2D eigenvalue weighted by atomic mass is 10.2. The Bertz CT molecular complexity index is 411. The van der Waals surface area contributed by atoms with Gasteiger partial charge in [-0.05, 0) is 24.6 Å². The lowest BCUT2D eigenvalue weighted by Crippen LogP contribution is -2.16. The van der Waals surface area contributed by atoms with Crippen LogP contribution in [0.5, 0.6) is 0 Å². The smallest absolute Gasteiger partial charge is 0.261 e. The Morgan fingerprint density at radius 3 is 2.89 bits per heavy atom. The van der Waals surface area contributed by atoms with Gasteiger partial charge in [0.05, 0.1) is 13.0 Å². The standard InChI is InChI=1S/C12H16F2N2O2/c1-8-2-3-9(15)6-10(8)16-12(17)4-5-18-7-11(13)14/h2-3,6,11H,4-5,7,15H2,1H3,(H,16,17). The molecule has 18 heavy (non-hydrogen) atoms. The first kappa shape index (κ1) is 14.4. The van der Waals surface area contributed by atoms with Crippen LogP contribution in [-0.2, 0) is 9.53 Å². The third-order valence-corrected chi connectivity index (χ3v) is 2.25. The zero-order valence-corrected chi connectivity index (χ0v) is 10.1. The van der Waals surface area contributed by atoms with Gasteiger partial charge in [0, 0.05) is 11.4 Å². The van der Waals surface area contributed by atoms with E-state index in [4.69, 9.17) is 5.73 Å². The Morgan fingerprint density at radius 2 is 2.22 bits per heavy atom. The van der Waals surface area contributed by atoms with Crippen molar-refractivity contribution in [3.8, 4) is 0 Å². The van der Waals surface area contributed by atoms with E-state index in [1.807, 2.05) is 6.92 Å². The van der Waals surface area contributed by atoms with Gasteiger partial charge in [-0.25, -0.2) is 8.78 Å². The number of carbonyl (C=O) groups is 1. The molecule has 6 heteroatoms. The van der Waals surface area contributed by atoms with Gasteiger partial charge in [-0.3, -0.25) is 4.79 Å². The number of benzene rings is 1. The maximum atomic E-state index is 11.8. The number of carbonyl (C=O) groups excluding carboxylic acids is 1. The minimum absolute atomic E-state index is 0.0287. The molecule has 0 radical (unpaired) electrons. The number of halogens is 2. The summed E-state index contributed by atoms with van der Waals surface area (Å²) >= 11 is 0. The van der Waals surface area contributed by atoms with Crippen LogP contribution >= 0.6 is 0 Å². The Labute approximate surface area is 104 Å². The summed E-state index contributed by atoms with van der Waals surface area (Å²) in [6.07, 6.45) is -2.48. The summed E-state index contributed by atoms with van der Waals surface area (Å²) in [5.74, 6) is -0.294. The van der Waals surface area contributed by atoms with Crippen molar-refractivity contribution in [3.63, 3.8) is 0 Å². The lowest BCUT2D eigenvalue weighted by molar-refractivity contribution is -0.117. The Kier molecular flexibility index (Phi) is 5.51. The molecule has 4 nitrogen and oxygen atoms in total. The minimum Gasteiger partial charge on any atom is -0.399 e. The second-order valence-corrected chi connectivity index (χ2v) is 3.84. The summed E-state index contributed by atoms with van der Waals surface area (Å²) in [7, 11) is 0. The molecule has 0 spiro atoms. The van der Waals surface area contributed by atoms with Gasteiger partial charge < -0.3 is 15.8 Å². The highest BCUT2D eigenvalue weighted by Gasteiger charge is 2.07. The fraction of sp³-hybridized carbons (Fsp3) is 0.417. The third kappa shape index (κ3) is 5.09. The molecule has 0 aliphatic rings. The first-order chi connectivity index (χ1) is 8.49. The first-order valence-corrected chi connectivity index (χ1v) is 5.51. The molecule has 0 aromatic heterocycles. The van der Waals surface area contributed by atoms with Crippen LogP contribution < -0.4 is 11.1 Å². The molecule has 0 aliphatic heterocycles. The van der Waals surface area contributed by atoms with Crippen LogP contribution in [0.25, 0.3) is 0 Å². The molecular weight excluding hydrogens is 242 g/mol. The van der Waals surface area contributed by atoms with Crippen molar-refractivity contribution in [2.45, 2.75) is 19.8 Å². The zero-order valence-electron chi connectivity index (χ0n) is 10.1. The highest BCUT2D eigenvalue weighted by Crippen LogP contribution is 2.18. The quantitative estimate of drug-likeness (QED) is 0.607. The second-order valence-electron chi connectivity index (χ2n) is 3.84. The van der Waals surface area contributed by atoms with Gasteiger partial charge in [0.25, 0.3) is 6.43 Å². The van der Waals surface area contributed by atoms with Crippen molar-refractivity contribution < 1.29 is 18.3 Å². The van der Waals surface area contributed by atoms with Crippen LogP contribution in [0.2, 0.25) is 0 Å². The molecule has 100 valence electrons. The van der Waals surface area contributed by atoms with Crippen LogP contribution in [0.15, 0.2) is 18.2 Å². The number of alkyl halides is 2. The van der Waals surface area contributed by atoms with E-state index in [-0.39, 0.29) is 18.9 Å². The Hall–Kier alpha value is -1.69. The summed E-state index contributed by atoms with van der Waals surface area (Å²) in [6.45, 7) is 1.16. The van der Waals surface area contributed by atoms with Crippen molar-refractivity contribution >= 4 is 17.3 Å². The summed E-state index contributed by atoms with van der Waals surface area (Å²) < 4.78 is 28.1. The molecule has 0 atom stereocenters. The zero-order chi connectivity index (χ0) is 13.5. The number of aryl methyl sites for hydroxylation is 1. The van der Waals surface area contributed by atoms with E-state index in [0.29, 0.717) is 11.4 Å². The summed E-state index contributed by atoms with van der Waals surface area (Å²) in [6, 6.07) is 5.17. The predicted molar refractivity (Wildman–Crippen MR) is 65.7 cm³/mol. The van der Waals surface area contributed by atoms with E-state index in [1.54, 1.807) is 18.2 Å². The van der Waals surface area contributed by atoms with Crippen LogP contribution in [-0.4, -0.2) is 25.5 Å². The lowest BCUT2D eigenvalue weighted by Gasteiger charge is -2.09. The van der Waals surface area contributed by atoms with E-state index in [0.717, 1.165) is 5.56 Å². The maximum Gasteiger partial charge on any atom is 0.261 e. The van der Waals surface area contributed by atoms with Gasteiger partial charge in [-0.15, -0.1) is 0 Å². The van der Waals surface area contributed by atoms with Crippen molar-refractivity contribution in [2.24, 2.45) is 0 Å². The molecule has 0 bridgehead atoms. The number of ether oxygens (including phenoxy) is 1. The SMILES string of the molecule is Cc1ccc(N)cc1NC(=O)CCOCC(F)F. The monoisotopic (exact) mass is 258 g/mol. The maximum absolute atomic E-state index is 11.8. The van der Waals surface area contributed by atoms with Crippen LogP contribution in [0.4, 0.5) is 20.2 Å². The summed E-state index contributed by atoms with van der Waals surface area (Å²) in [5, 5.41) is 2.65. The number of nitrogen functional groups attached to an aromatic ring is 1. The van der Waals surface area contributed by atoms with Crippen LogP contribution in [0.1, 0.15) is 12.0 Å². The number of rotatable bonds is 6. The first-order valence-electron chi connectivity index (χ1n) is 5.51. The average molecular weight is 258 g/mol. The minimum atomic E-state index is -2.51. The number of anilines is 2. The number of hydrogen-bond acceptors (Lipinski definition) is 3. The Morgan fingerprint density at radius 1 is 1.50 bits per heavy atom. The number of amides is 1. The van der Waals surface area contributed by atoms with E-state index in [1.165, 1.54) is 0 Å². The average Bonchev–Trinajstić information content (AvgIpc) is 2.29. The van der Waals surface area contributed by atoms with Gasteiger partial charge >= 0.3 is 0 Å². The van der Waals surface area contributed by atoms with E-state index in [9.17, 15) is 13.6 Å². The third-order valence-electron chi connectivity index (χ3n) is 2.25. The highest BCUT2D eigenvalue weighted by molar-refractivity contribution is 5.92. The molecule has 0 saturated heterocycles. The van der Waals surface area contributed by atoms with Gasteiger partial charge in [0.2, 0.25) is 5.91 Å². The number of nitrogens with two attached hydrogens (primary N) is 1. The molecule has 1 rings (SSSR count). The van der Waals surface area contributed by atoms with Crippen LogP contribution in [0.3, 0.4) is 0 Å². The Balaban J connectivity index is 2.38. The predicted octanol–water partition coefficient (Wildman–Crippen LogP) is 2.19. The number of nitrogens with one attached hydrogen (secondary N) is 1. The van der Waals surface area contributed by atoms with E-state index in [2.05, 4.69) is 10.1 Å². The fourth-order valence-corrected chi connectivity index (χ4v) is 1.32. The molecule has 1 amide bonds. The van der Waals surface area contributed by atoms with E-state index >= 15 is 0 Å². The fourth-order valence-electron chi connectivity index (χ4n) is 1.32. The van der Waals surface area contributed by atoms with E-state index < -0.39 is 13.0 Å². The molecule has 0 aliphatic carbocycles. The molecule has 0 heterocycles. The molecule has 1 aromatic rings. The van der Waals surface area contributed by atoms with Crippen molar-refractivity contribution in [3.05, 3.63) is 23.8 Å². The topological polar surface area (TPSA) is 64.3 Å². The van der Waals surface area contributed by atoms with Gasteiger partial charge in [-0.2, -0.15) is 0 Å². The number of hydrogen-bond donors (Lipinski definition) is 2. The van der Waals surface area contributed by atoms with Crippen molar-refractivity contribution in [1.29, 1.82) is 0 Å². The summed E-state index contributed by atoms with van der Waals surface area (Å²) in [5.41, 5.74) is 7.64. The van der Waals surface area contributed by atoms with Crippen molar-refractivity contribution in [2.75, 3.05) is 24.3 Å². The molecule has 0 saturated carbocycles. The van der Waals surface area contributed by atoms with Crippen LogP contribution in [0, 0.1) is 6.92 Å². The molecule has 0 unspecified atom stereocenters. The van der Waals surface area contributed by atoms with Crippen molar-refractivity contribution in [1.82, 2.24) is 0 Å². The van der Waals surface area contributed by atoms with Gasteiger partial charge in [0.15, 0.2) is 0 Å².